The maximum atomic E-state index is 3.35. The van der Waals surface area contributed by atoms with E-state index in [4.69, 9.17) is 0 Å². The summed E-state index contributed by atoms with van der Waals surface area (Å²) in [6.07, 6.45) is 0. The number of benzene rings is 1. The first kappa shape index (κ1) is 14.4. The number of hydrogen-bond acceptors (Lipinski definition) is 2. The molecule has 0 spiro atoms. The van der Waals surface area contributed by atoms with E-state index < -0.39 is 0 Å². The lowest BCUT2D eigenvalue weighted by molar-refractivity contribution is 0.311. The molecule has 0 amide bonds. The number of halogens is 1. The van der Waals surface area contributed by atoms with Gasteiger partial charge < -0.3 is 10.6 Å². The van der Waals surface area contributed by atoms with Gasteiger partial charge in [-0.25, -0.2) is 0 Å². The van der Waals surface area contributed by atoms with E-state index >= 15 is 0 Å². The summed E-state index contributed by atoms with van der Waals surface area (Å²) in [5.41, 5.74) is 1.37. The molecule has 0 saturated heterocycles. The van der Waals surface area contributed by atoms with Gasteiger partial charge in [0.1, 0.15) is 0 Å². The molecule has 0 fully saturated rings. The van der Waals surface area contributed by atoms with Gasteiger partial charge in [-0.1, -0.05) is 30.3 Å². The van der Waals surface area contributed by atoms with Crippen LogP contribution in [0.5, 0.6) is 0 Å². The van der Waals surface area contributed by atoms with Crippen LogP contribution in [0.2, 0.25) is 0 Å². The summed E-state index contributed by atoms with van der Waals surface area (Å²) in [5.74, 6) is 0. The van der Waals surface area contributed by atoms with Crippen LogP contribution < -0.4 is 10.6 Å². The lowest BCUT2D eigenvalue weighted by Gasteiger charge is -2.34. The van der Waals surface area contributed by atoms with Crippen LogP contribution in [0.15, 0.2) is 30.3 Å². The highest BCUT2D eigenvalue weighted by molar-refractivity contribution is 5.85. The molecule has 3 heteroatoms. The van der Waals surface area contributed by atoms with Gasteiger partial charge in [-0.15, -0.1) is 12.4 Å². The Morgan fingerprint density at radius 1 is 1.07 bits per heavy atom. The van der Waals surface area contributed by atoms with Crippen molar-refractivity contribution in [3.8, 4) is 0 Å². The molecule has 0 aliphatic carbocycles. The summed E-state index contributed by atoms with van der Waals surface area (Å²) < 4.78 is 0. The van der Waals surface area contributed by atoms with Gasteiger partial charge in [0, 0.05) is 11.6 Å². The molecule has 0 saturated carbocycles. The molecule has 86 valence electrons. The van der Waals surface area contributed by atoms with Gasteiger partial charge in [0.25, 0.3) is 0 Å². The average molecular weight is 229 g/mol. The summed E-state index contributed by atoms with van der Waals surface area (Å²) in [4.78, 5) is 0. The fourth-order valence-electron chi connectivity index (χ4n) is 1.73. The predicted molar refractivity (Wildman–Crippen MR) is 68.6 cm³/mol. The molecule has 0 aliphatic rings. The Morgan fingerprint density at radius 3 is 2.00 bits per heavy atom. The predicted octanol–water partition coefficient (Wildman–Crippen LogP) is 2.37. The third-order valence-electron chi connectivity index (χ3n) is 2.79. The van der Waals surface area contributed by atoms with Crippen LogP contribution in [0.25, 0.3) is 0 Å². The number of rotatable bonds is 4. The summed E-state index contributed by atoms with van der Waals surface area (Å²) in [7, 11) is 3.99. The van der Waals surface area contributed by atoms with Gasteiger partial charge in [0.05, 0.1) is 0 Å². The zero-order valence-corrected chi connectivity index (χ0v) is 10.7. The van der Waals surface area contributed by atoms with Crippen LogP contribution in [0.1, 0.15) is 25.5 Å². The molecule has 1 rings (SSSR count). The largest absolute Gasteiger partial charge is 0.313 e. The minimum Gasteiger partial charge on any atom is -0.313 e. The van der Waals surface area contributed by atoms with Crippen LogP contribution >= 0.6 is 12.4 Å². The molecule has 1 aromatic rings. The molecule has 0 bridgehead atoms. The second-order valence-corrected chi connectivity index (χ2v) is 4.10. The fraction of sp³-hybridized carbons (Fsp3) is 0.500. The molecule has 1 unspecified atom stereocenters. The zero-order valence-electron chi connectivity index (χ0n) is 9.87. The first-order valence-electron chi connectivity index (χ1n) is 5.03. The molecule has 1 atom stereocenters. The molecule has 0 radical (unpaired) electrons. The first-order valence-corrected chi connectivity index (χ1v) is 5.03. The maximum Gasteiger partial charge on any atom is 0.0497 e. The van der Waals surface area contributed by atoms with E-state index in [0.717, 1.165) is 0 Å². The Kier molecular flexibility index (Phi) is 5.88. The highest BCUT2D eigenvalue weighted by Crippen LogP contribution is 2.24. The van der Waals surface area contributed by atoms with Crippen LogP contribution in [0.4, 0.5) is 0 Å². The summed E-state index contributed by atoms with van der Waals surface area (Å²) in [6, 6.07) is 10.8. The van der Waals surface area contributed by atoms with Crippen molar-refractivity contribution in [1.29, 1.82) is 0 Å². The number of nitrogens with one attached hydrogen (secondary N) is 2. The average Bonchev–Trinajstić information content (AvgIpc) is 2.20. The van der Waals surface area contributed by atoms with Gasteiger partial charge in [-0.3, -0.25) is 0 Å². The van der Waals surface area contributed by atoms with Crippen molar-refractivity contribution in [2.45, 2.75) is 25.4 Å². The smallest absolute Gasteiger partial charge is 0.0497 e. The van der Waals surface area contributed by atoms with E-state index in [1.165, 1.54) is 5.56 Å². The molecule has 0 aromatic heterocycles. The van der Waals surface area contributed by atoms with Crippen molar-refractivity contribution >= 4 is 12.4 Å². The van der Waals surface area contributed by atoms with E-state index in [2.05, 4.69) is 48.7 Å². The van der Waals surface area contributed by atoms with Crippen molar-refractivity contribution in [2.75, 3.05) is 14.1 Å². The fourth-order valence-corrected chi connectivity index (χ4v) is 1.73. The Morgan fingerprint density at radius 2 is 1.60 bits per heavy atom. The SMILES string of the molecule is CNC(c1ccccc1)C(C)(C)NC.Cl. The third kappa shape index (κ3) is 3.49. The topological polar surface area (TPSA) is 24.1 Å². The molecular formula is C12H21ClN2. The standard InChI is InChI=1S/C12H20N2.ClH/c1-12(2,14-4)11(13-3)10-8-6-5-7-9-10;/h5-9,11,13-14H,1-4H3;1H. The normalized spacial score (nSPS) is 13.1. The van der Waals surface area contributed by atoms with E-state index in [1.54, 1.807) is 0 Å². The summed E-state index contributed by atoms with van der Waals surface area (Å²) in [5, 5.41) is 6.68. The van der Waals surface area contributed by atoms with Crippen molar-refractivity contribution in [1.82, 2.24) is 10.6 Å². The van der Waals surface area contributed by atoms with Crippen molar-refractivity contribution in [3.05, 3.63) is 35.9 Å². The number of hydrogen-bond donors (Lipinski definition) is 2. The highest BCUT2D eigenvalue weighted by Gasteiger charge is 2.27. The van der Waals surface area contributed by atoms with Crippen molar-refractivity contribution in [3.63, 3.8) is 0 Å². The monoisotopic (exact) mass is 228 g/mol. The molecule has 15 heavy (non-hydrogen) atoms. The highest BCUT2D eigenvalue weighted by atomic mass is 35.5. The Bertz CT molecular complexity index is 272. The lowest BCUT2D eigenvalue weighted by atomic mass is 9.89. The zero-order chi connectivity index (χ0) is 10.6. The van der Waals surface area contributed by atoms with Crippen LogP contribution in [-0.4, -0.2) is 19.6 Å². The van der Waals surface area contributed by atoms with E-state index in [1.807, 2.05) is 20.2 Å². The Balaban J connectivity index is 0.00000196. The van der Waals surface area contributed by atoms with E-state index in [0.29, 0.717) is 6.04 Å². The van der Waals surface area contributed by atoms with E-state index in [-0.39, 0.29) is 17.9 Å². The summed E-state index contributed by atoms with van der Waals surface area (Å²) >= 11 is 0. The minimum atomic E-state index is 0. The van der Waals surface area contributed by atoms with Gasteiger partial charge in [-0.2, -0.15) is 0 Å². The molecule has 2 nitrogen and oxygen atoms in total. The van der Waals surface area contributed by atoms with Gasteiger partial charge in [0.2, 0.25) is 0 Å². The molecular weight excluding hydrogens is 208 g/mol. The number of likely N-dealkylation sites (N-methyl/N-ethyl adjacent to an activating group) is 2. The third-order valence-corrected chi connectivity index (χ3v) is 2.79. The summed E-state index contributed by atoms with van der Waals surface area (Å²) in [6.45, 7) is 4.39. The second-order valence-electron chi connectivity index (χ2n) is 4.10. The van der Waals surface area contributed by atoms with Crippen molar-refractivity contribution < 1.29 is 0 Å². The van der Waals surface area contributed by atoms with Crippen molar-refractivity contribution in [2.24, 2.45) is 0 Å². The Labute approximate surface area is 98.9 Å². The van der Waals surface area contributed by atoms with Crippen LogP contribution in [-0.2, 0) is 0 Å². The first-order chi connectivity index (χ1) is 6.61. The quantitative estimate of drug-likeness (QED) is 0.827. The van der Waals surface area contributed by atoms with Crippen LogP contribution in [0.3, 0.4) is 0 Å². The minimum absolute atomic E-state index is 0. The van der Waals surface area contributed by atoms with Crippen LogP contribution in [0, 0.1) is 0 Å². The molecule has 1 aromatic carbocycles. The lowest BCUT2D eigenvalue weighted by Crippen LogP contribution is -2.47. The van der Waals surface area contributed by atoms with Gasteiger partial charge >= 0.3 is 0 Å². The second kappa shape index (κ2) is 6.11. The van der Waals surface area contributed by atoms with Gasteiger partial charge in [-0.05, 0) is 33.5 Å². The van der Waals surface area contributed by atoms with E-state index in [9.17, 15) is 0 Å². The molecule has 0 aliphatic heterocycles. The molecule has 0 heterocycles. The molecule has 2 N–H and O–H groups in total. The maximum absolute atomic E-state index is 3.35. The Hall–Kier alpha value is -0.570. The van der Waals surface area contributed by atoms with Gasteiger partial charge in [0.15, 0.2) is 0 Å².